The highest BCUT2D eigenvalue weighted by molar-refractivity contribution is 5.72. The molecule has 0 aromatic rings. The third kappa shape index (κ3) is 6.43. The van der Waals surface area contributed by atoms with Gasteiger partial charge < -0.3 is 4.74 Å². The molecule has 0 saturated heterocycles. The number of carbonyl (C=O) groups is 1. The Morgan fingerprint density at radius 3 is 2.61 bits per heavy atom. The molecule has 0 saturated carbocycles. The van der Waals surface area contributed by atoms with Gasteiger partial charge in [0.25, 0.3) is 0 Å². The highest BCUT2D eigenvalue weighted by atomic mass is 16.5. The Bertz CT molecular complexity index is 581. The highest BCUT2D eigenvalue weighted by Gasteiger charge is 2.26. The summed E-state index contributed by atoms with van der Waals surface area (Å²) >= 11 is 0. The fourth-order valence-corrected chi connectivity index (χ4v) is 2.78. The first-order valence-electron chi connectivity index (χ1n) is 8.23. The van der Waals surface area contributed by atoms with Crippen LogP contribution in [0.1, 0.15) is 53.9 Å². The second-order valence-corrected chi connectivity index (χ2v) is 6.93. The second kappa shape index (κ2) is 8.71. The molecule has 2 heteroatoms. The molecule has 0 spiro atoms. The molecule has 0 unspecified atom stereocenters. The van der Waals surface area contributed by atoms with Crippen molar-refractivity contribution in [3.05, 3.63) is 58.7 Å². The van der Waals surface area contributed by atoms with Gasteiger partial charge in [0.15, 0.2) is 0 Å². The van der Waals surface area contributed by atoms with Crippen molar-refractivity contribution in [2.75, 3.05) is 7.11 Å². The zero-order valence-electron chi connectivity index (χ0n) is 15.4. The van der Waals surface area contributed by atoms with Crippen molar-refractivity contribution in [3.63, 3.8) is 0 Å². The van der Waals surface area contributed by atoms with E-state index in [2.05, 4.69) is 56.7 Å². The topological polar surface area (TPSA) is 26.3 Å². The quantitative estimate of drug-likeness (QED) is 0.481. The van der Waals surface area contributed by atoms with Crippen molar-refractivity contribution in [2.45, 2.75) is 53.9 Å². The largest absolute Gasteiger partial charge is 0.469 e. The van der Waals surface area contributed by atoms with E-state index in [9.17, 15) is 4.79 Å². The molecule has 0 amide bonds. The molecule has 1 rings (SSSR count). The first-order valence-corrected chi connectivity index (χ1v) is 8.23. The van der Waals surface area contributed by atoms with E-state index in [4.69, 9.17) is 0 Å². The van der Waals surface area contributed by atoms with Gasteiger partial charge in [0.2, 0.25) is 0 Å². The zero-order valence-corrected chi connectivity index (χ0v) is 15.4. The van der Waals surface area contributed by atoms with Crippen LogP contribution < -0.4 is 0 Å². The Labute approximate surface area is 141 Å². The minimum absolute atomic E-state index is 0.203. The van der Waals surface area contributed by atoms with Crippen LogP contribution in [0.5, 0.6) is 0 Å². The predicted octanol–water partition coefficient (Wildman–Crippen LogP) is 5.69. The van der Waals surface area contributed by atoms with E-state index < -0.39 is 0 Å². The molecule has 0 N–H and O–H groups in total. The first-order chi connectivity index (χ1) is 10.8. The SMILES string of the molecule is COC(=O)C\C(C)=C/C=C/C(C)=C/C=C1/C(C)=CCCC1(C)C. The molecule has 1 aliphatic rings. The number of rotatable bonds is 5. The van der Waals surface area contributed by atoms with E-state index in [1.807, 2.05) is 19.1 Å². The summed E-state index contributed by atoms with van der Waals surface area (Å²) in [5.74, 6) is -0.203. The molecule has 0 bridgehead atoms. The number of hydrogen-bond acceptors (Lipinski definition) is 2. The molecule has 0 fully saturated rings. The lowest BCUT2D eigenvalue weighted by molar-refractivity contribution is -0.139. The van der Waals surface area contributed by atoms with Gasteiger partial charge >= 0.3 is 5.97 Å². The highest BCUT2D eigenvalue weighted by Crippen LogP contribution is 2.40. The van der Waals surface area contributed by atoms with Gasteiger partial charge in [-0.3, -0.25) is 4.79 Å². The number of ether oxygens (including phenoxy) is 1. The summed E-state index contributed by atoms with van der Waals surface area (Å²) in [6.07, 6.45) is 15.5. The Kier molecular flexibility index (Phi) is 7.28. The van der Waals surface area contributed by atoms with Gasteiger partial charge in [-0.25, -0.2) is 0 Å². The van der Waals surface area contributed by atoms with Gasteiger partial charge in [-0.1, -0.05) is 67.0 Å². The fraction of sp³-hybridized carbons (Fsp3) is 0.476. The van der Waals surface area contributed by atoms with Crippen LogP contribution in [0.15, 0.2) is 58.7 Å². The van der Waals surface area contributed by atoms with Crippen molar-refractivity contribution in [3.8, 4) is 0 Å². The standard InChI is InChI=1S/C21H30O2/c1-16(9-7-10-17(2)15-20(22)23-6)12-13-19-18(3)11-8-14-21(19,4)5/h7,9-13H,8,14-15H2,1-6H3/b9-7+,16-12+,17-10-,19-13-. The smallest absolute Gasteiger partial charge is 0.309 e. The predicted molar refractivity (Wildman–Crippen MR) is 98.1 cm³/mol. The van der Waals surface area contributed by atoms with Gasteiger partial charge in [0, 0.05) is 0 Å². The molecular formula is C21H30O2. The van der Waals surface area contributed by atoms with Crippen LogP contribution in [0.25, 0.3) is 0 Å². The molecule has 2 nitrogen and oxygen atoms in total. The second-order valence-electron chi connectivity index (χ2n) is 6.93. The van der Waals surface area contributed by atoms with Crippen LogP contribution in [0.2, 0.25) is 0 Å². The third-order valence-electron chi connectivity index (χ3n) is 4.28. The number of methoxy groups -OCH3 is 1. The normalized spacial score (nSPS) is 20.8. The number of allylic oxidation sites excluding steroid dienone is 9. The molecule has 0 radical (unpaired) electrons. The van der Waals surface area contributed by atoms with Crippen LogP contribution in [-0.4, -0.2) is 13.1 Å². The van der Waals surface area contributed by atoms with E-state index in [1.54, 1.807) is 0 Å². The number of hydrogen-bond donors (Lipinski definition) is 0. The summed E-state index contributed by atoms with van der Waals surface area (Å²) in [6, 6.07) is 0. The summed E-state index contributed by atoms with van der Waals surface area (Å²) < 4.78 is 4.66. The molecule has 126 valence electrons. The Morgan fingerprint density at radius 2 is 2.00 bits per heavy atom. The lowest BCUT2D eigenvalue weighted by Crippen LogP contribution is -2.18. The summed E-state index contributed by atoms with van der Waals surface area (Å²) in [5, 5.41) is 0. The van der Waals surface area contributed by atoms with Crippen LogP contribution >= 0.6 is 0 Å². The Morgan fingerprint density at radius 1 is 1.30 bits per heavy atom. The number of carbonyl (C=O) groups excluding carboxylic acids is 1. The van der Waals surface area contributed by atoms with Crippen molar-refractivity contribution in [2.24, 2.45) is 5.41 Å². The van der Waals surface area contributed by atoms with Gasteiger partial charge in [-0.05, 0) is 44.6 Å². The van der Waals surface area contributed by atoms with Gasteiger partial charge in [0.1, 0.15) is 0 Å². The first kappa shape index (κ1) is 19.2. The maximum Gasteiger partial charge on any atom is 0.309 e. The third-order valence-corrected chi connectivity index (χ3v) is 4.28. The summed E-state index contributed by atoms with van der Waals surface area (Å²) in [7, 11) is 1.41. The van der Waals surface area contributed by atoms with Crippen molar-refractivity contribution in [1.29, 1.82) is 0 Å². The van der Waals surface area contributed by atoms with Crippen LogP contribution in [-0.2, 0) is 9.53 Å². The van der Waals surface area contributed by atoms with Gasteiger partial charge in [-0.2, -0.15) is 0 Å². The monoisotopic (exact) mass is 314 g/mol. The van der Waals surface area contributed by atoms with Gasteiger partial charge in [-0.15, -0.1) is 0 Å². The van der Waals surface area contributed by atoms with E-state index >= 15 is 0 Å². The van der Waals surface area contributed by atoms with E-state index in [0.717, 1.165) is 5.57 Å². The summed E-state index contributed by atoms with van der Waals surface area (Å²) in [4.78, 5) is 11.2. The van der Waals surface area contributed by atoms with E-state index in [1.165, 1.54) is 36.7 Å². The molecule has 0 atom stereocenters. The minimum atomic E-state index is -0.203. The molecular weight excluding hydrogens is 284 g/mol. The maximum atomic E-state index is 11.2. The molecule has 0 heterocycles. The molecule has 0 aromatic heterocycles. The Balaban J connectivity index is 2.77. The minimum Gasteiger partial charge on any atom is -0.469 e. The average Bonchev–Trinajstić information content (AvgIpc) is 2.45. The van der Waals surface area contributed by atoms with Crippen LogP contribution in [0.4, 0.5) is 0 Å². The van der Waals surface area contributed by atoms with Crippen molar-refractivity contribution >= 4 is 5.97 Å². The van der Waals surface area contributed by atoms with E-state index in [0.29, 0.717) is 6.42 Å². The lowest BCUT2D eigenvalue weighted by atomic mass is 9.73. The zero-order chi connectivity index (χ0) is 17.5. The average molecular weight is 314 g/mol. The number of esters is 1. The summed E-state index contributed by atoms with van der Waals surface area (Å²) in [5.41, 5.74) is 5.24. The molecule has 0 aromatic carbocycles. The summed E-state index contributed by atoms with van der Waals surface area (Å²) in [6.45, 7) is 10.8. The van der Waals surface area contributed by atoms with Crippen LogP contribution in [0, 0.1) is 5.41 Å². The maximum absolute atomic E-state index is 11.2. The van der Waals surface area contributed by atoms with E-state index in [-0.39, 0.29) is 11.4 Å². The molecule has 23 heavy (non-hydrogen) atoms. The van der Waals surface area contributed by atoms with Gasteiger partial charge in [0.05, 0.1) is 13.5 Å². The van der Waals surface area contributed by atoms with Crippen molar-refractivity contribution in [1.82, 2.24) is 0 Å². The Hall–Kier alpha value is -1.83. The molecule has 0 aliphatic heterocycles. The molecule has 1 aliphatic carbocycles. The van der Waals surface area contributed by atoms with Crippen molar-refractivity contribution < 1.29 is 9.53 Å². The lowest BCUT2D eigenvalue weighted by Gasteiger charge is -2.32. The van der Waals surface area contributed by atoms with Crippen LogP contribution in [0.3, 0.4) is 0 Å². The fourth-order valence-electron chi connectivity index (χ4n) is 2.78.